The molecule has 3 aromatic carbocycles. The lowest BCUT2D eigenvalue weighted by Crippen LogP contribution is -2.41. The number of rotatable bonds is 4. The summed E-state index contributed by atoms with van der Waals surface area (Å²) in [6, 6.07) is 23.9. The summed E-state index contributed by atoms with van der Waals surface area (Å²) in [5.41, 5.74) is 7.94. The molecule has 3 nitrogen and oxygen atoms in total. The first kappa shape index (κ1) is 25.1. The van der Waals surface area contributed by atoms with Crippen molar-refractivity contribution in [3.63, 3.8) is 0 Å². The number of hydrogen-bond acceptors (Lipinski definition) is 3. The third-order valence-electron chi connectivity index (χ3n) is 8.80. The molecule has 0 aromatic heterocycles. The third kappa shape index (κ3) is 4.39. The van der Waals surface area contributed by atoms with Gasteiger partial charge < -0.3 is 14.6 Å². The van der Waals surface area contributed by atoms with E-state index in [-0.39, 0.29) is 10.8 Å². The molecule has 5 rings (SSSR count). The van der Waals surface area contributed by atoms with Crippen molar-refractivity contribution in [1.82, 2.24) is 0 Å². The Balaban J connectivity index is 1.56. The van der Waals surface area contributed by atoms with Crippen molar-refractivity contribution in [3.8, 4) is 11.1 Å². The van der Waals surface area contributed by atoms with Crippen molar-refractivity contribution in [1.29, 1.82) is 0 Å². The number of fused-ring (bicyclic) bond motifs is 1. The van der Waals surface area contributed by atoms with Gasteiger partial charge in [0.15, 0.2) is 0 Å². The van der Waals surface area contributed by atoms with Crippen LogP contribution in [0.4, 0.5) is 11.4 Å². The first-order chi connectivity index (χ1) is 16.8. The highest BCUT2D eigenvalue weighted by molar-refractivity contribution is 6.64. The second-order valence-corrected chi connectivity index (χ2v) is 12.9. The van der Waals surface area contributed by atoms with Crippen molar-refractivity contribution in [2.75, 3.05) is 5.32 Å². The molecule has 1 aliphatic heterocycles. The second kappa shape index (κ2) is 8.50. The first-order valence-electron chi connectivity index (χ1n) is 13.3. The maximum Gasteiger partial charge on any atom is 0.497 e. The Bertz CT molecular complexity index is 1260. The molecule has 0 unspecified atom stereocenters. The quantitative estimate of drug-likeness (QED) is 0.387. The third-order valence-corrected chi connectivity index (χ3v) is 8.80. The minimum atomic E-state index is -0.450. The van der Waals surface area contributed by atoms with E-state index in [9.17, 15) is 0 Å². The van der Waals surface area contributed by atoms with Gasteiger partial charge in [-0.1, -0.05) is 76.2 Å². The van der Waals surface area contributed by atoms with Crippen molar-refractivity contribution in [2.45, 2.75) is 90.3 Å². The molecule has 3 aromatic rings. The second-order valence-electron chi connectivity index (χ2n) is 12.9. The Morgan fingerprint density at radius 2 is 1.25 bits per heavy atom. The van der Waals surface area contributed by atoms with Gasteiger partial charge in [0.2, 0.25) is 0 Å². The van der Waals surface area contributed by atoms with Crippen molar-refractivity contribution >= 4 is 24.0 Å². The summed E-state index contributed by atoms with van der Waals surface area (Å²) in [6.07, 6.45) is 2.41. The largest absolute Gasteiger partial charge is 0.497 e. The van der Waals surface area contributed by atoms with Crippen LogP contribution in [0.15, 0.2) is 66.7 Å². The van der Waals surface area contributed by atoms with Gasteiger partial charge in [-0.2, -0.15) is 0 Å². The van der Waals surface area contributed by atoms with E-state index in [0.717, 1.165) is 22.4 Å². The summed E-state index contributed by atoms with van der Waals surface area (Å²) in [6.45, 7) is 17.9. The van der Waals surface area contributed by atoms with Gasteiger partial charge in [-0.25, -0.2) is 0 Å². The van der Waals surface area contributed by atoms with Crippen molar-refractivity contribution in [3.05, 3.63) is 77.9 Å². The topological polar surface area (TPSA) is 30.5 Å². The lowest BCUT2D eigenvalue weighted by Gasteiger charge is -2.42. The highest BCUT2D eigenvalue weighted by atomic mass is 16.7. The smallest absolute Gasteiger partial charge is 0.399 e. The standard InChI is InChI=1S/C32H40BNO2/c1-29(2)18-19-30(3,4)26-21-24(15-16-25(26)29)34-28-17-14-23(22-12-10-9-11-13-22)20-27(28)33-35-31(5,6)32(7,8)36-33/h9-17,20-21,34H,18-19H2,1-8H3. The zero-order chi connectivity index (χ0) is 25.9. The molecule has 0 bridgehead atoms. The summed E-state index contributed by atoms with van der Waals surface area (Å²) in [5.74, 6) is 0. The van der Waals surface area contributed by atoms with Gasteiger partial charge in [-0.15, -0.1) is 0 Å². The normalized spacial score (nSPS) is 21.2. The van der Waals surface area contributed by atoms with Crippen LogP contribution in [0.2, 0.25) is 0 Å². The van der Waals surface area contributed by atoms with Gasteiger partial charge in [0.1, 0.15) is 0 Å². The fraction of sp³-hybridized carbons (Fsp3) is 0.438. The number of anilines is 2. The Hall–Kier alpha value is -2.56. The van der Waals surface area contributed by atoms with Gasteiger partial charge in [0.25, 0.3) is 0 Å². The average Bonchev–Trinajstić information content (AvgIpc) is 3.04. The van der Waals surface area contributed by atoms with Gasteiger partial charge in [-0.3, -0.25) is 0 Å². The van der Waals surface area contributed by atoms with Gasteiger partial charge in [0, 0.05) is 16.8 Å². The molecule has 1 fully saturated rings. The Morgan fingerprint density at radius 3 is 1.89 bits per heavy atom. The fourth-order valence-electron chi connectivity index (χ4n) is 5.47. The van der Waals surface area contributed by atoms with Crippen LogP contribution < -0.4 is 10.8 Å². The van der Waals surface area contributed by atoms with Gasteiger partial charge in [0.05, 0.1) is 11.2 Å². The highest BCUT2D eigenvalue weighted by Gasteiger charge is 2.52. The zero-order valence-corrected chi connectivity index (χ0v) is 23.2. The average molecular weight is 481 g/mol. The van der Waals surface area contributed by atoms with E-state index in [1.165, 1.54) is 29.5 Å². The van der Waals surface area contributed by atoms with Crippen LogP contribution >= 0.6 is 0 Å². The van der Waals surface area contributed by atoms with Crippen LogP contribution in [-0.2, 0) is 20.1 Å². The minimum Gasteiger partial charge on any atom is -0.399 e. The molecule has 0 saturated carbocycles. The van der Waals surface area contributed by atoms with Crippen LogP contribution in [-0.4, -0.2) is 18.3 Å². The monoisotopic (exact) mass is 481 g/mol. The Kier molecular flexibility index (Phi) is 5.93. The molecule has 1 N–H and O–H groups in total. The fourth-order valence-corrected chi connectivity index (χ4v) is 5.47. The van der Waals surface area contributed by atoms with Crippen molar-refractivity contribution < 1.29 is 9.31 Å². The molecule has 0 atom stereocenters. The van der Waals surface area contributed by atoms with Crippen LogP contribution in [0.1, 0.15) is 79.4 Å². The molecule has 0 radical (unpaired) electrons. The highest BCUT2D eigenvalue weighted by Crippen LogP contribution is 2.46. The maximum absolute atomic E-state index is 6.51. The number of benzene rings is 3. The molecule has 0 spiro atoms. The van der Waals surface area contributed by atoms with Crippen LogP contribution in [0.25, 0.3) is 11.1 Å². The summed E-state index contributed by atoms with van der Waals surface area (Å²) < 4.78 is 13.0. The molecule has 36 heavy (non-hydrogen) atoms. The SMILES string of the molecule is CC1(C)CCC(C)(C)c2cc(Nc3ccc(-c4ccccc4)cc3B3OC(C)(C)C(C)(C)O3)ccc21. The predicted molar refractivity (Wildman–Crippen MR) is 153 cm³/mol. The minimum absolute atomic E-state index is 0.161. The van der Waals surface area contributed by atoms with E-state index in [2.05, 4.69) is 121 Å². The predicted octanol–water partition coefficient (Wildman–Crippen LogP) is 7.75. The van der Waals surface area contributed by atoms with E-state index >= 15 is 0 Å². The summed E-state index contributed by atoms with van der Waals surface area (Å²) in [5, 5.41) is 3.74. The molecule has 1 aliphatic carbocycles. The van der Waals surface area contributed by atoms with Gasteiger partial charge in [-0.05, 0) is 91.8 Å². The Labute approximate surface area is 217 Å². The first-order valence-corrected chi connectivity index (χ1v) is 13.3. The van der Waals surface area contributed by atoms with Crippen LogP contribution in [0.3, 0.4) is 0 Å². The summed E-state index contributed by atoms with van der Waals surface area (Å²) in [7, 11) is -0.450. The van der Waals surface area contributed by atoms with Crippen LogP contribution in [0.5, 0.6) is 0 Å². The van der Waals surface area contributed by atoms with E-state index in [1.54, 1.807) is 0 Å². The molecular formula is C32H40BNO2. The zero-order valence-electron chi connectivity index (χ0n) is 23.2. The molecule has 1 saturated heterocycles. The molecule has 1 heterocycles. The maximum atomic E-state index is 6.51. The number of hydrogen-bond donors (Lipinski definition) is 1. The summed E-state index contributed by atoms with van der Waals surface area (Å²) in [4.78, 5) is 0. The van der Waals surface area contributed by atoms with E-state index in [1.807, 2.05) is 6.07 Å². The van der Waals surface area contributed by atoms with Gasteiger partial charge >= 0.3 is 7.12 Å². The molecular weight excluding hydrogens is 441 g/mol. The lowest BCUT2D eigenvalue weighted by atomic mass is 9.63. The molecule has 4 heteroatoms. The van der Waals surface area contributed by atoms with E-state index < -0.39 is 18.3 Å². The Morgan fingerprint density at radius 1 is 0.639 bits per heavy atom. The van der Waals surface area contributed by atoms with E-state index in [4.69, 9.17) is 9.31 Å². The molecule has 0 amide bonds. The lowest BCUT2D eigenvalue weighted by molar-refractivity contribution is 0.00578. The van der Waals surface area contributed by atoms with Crippen LogP contribution in [0, 0.1) is 0 Å². The van der Waals surface area contributed by atoms with E-state index in [0.29, 0.717) is 0 Å². The molecule has 2 aliphatic rings. The number of nitrogens with one attached hydrogen (secondary N) is 1. The molecule has 188 valence electrons. The van der Waals surface area contributed by atoms with Crippen molar-refractivity contribution in [2.24, 2.45) is 0 Å². The summed E-state index contributed by atoms with van der Waals surface area (Å²) >= 11 is 0.